The zero-order chi connectivity index (χ0) is 29.4. The molecule has 0 saturated heterocycles. The molecule has 2 amide bonds. The summed E-state index contributed by atoms with van der Waals surface area (Å²) in [5.74, 6) is -1.72. The molecule has 1 N–H and O–H groups in total. The van der Waals surface area contributed by atoms with E-state index in [1.54, 1.807) is 12.1 Å². The third-order valence-corrected chi connectivity index (χ3v) is 8.13. The van der Waals surface area contributed by atoms with Gasteiger partial charge in [-0.3, -0.25) is 13.9 Å². The highest BCUT2D eigenvalue weighted by molar-refractivity contribution is 7.92. The molecule has 0 aromatic heterocycles. The molecule has 40 heavy (non-hydrogen) atoms. The molecule has 0 spiro atoms. The number of halogens is 3. The predicted molar refractivity (Wildman–Crippen MR) is 157 cm³/mol. The van der Waals surface area contributed by atoms with Crippen LogP contribution >= 0.6 is 23.2 Å². The molecule has 3 aromatic carbocycles. The fourth-order valence-electron chi connectivity index (χ4n) is 4.07. The van der Waals surface area contributed by atoms with E-state index >= 15 is 0 Å². The second-order valence-electron chi connectivity index (χ2n) is 9.53. The molecule has 7 nitrogen and oxygen atoms in total. The first-order valence-corrected chi connectivity index (χ1v) is 15.3. The highest BCUT2D eigenvalue weighted by atomic mass is 35.5. The molecule has 0 unspecified atom stereocenters. The maximum absolute atomic E-state index is 14.0. The Kier molecular flexibility index (Phi) is 11.0. The zero-order valence-corrected chi connectivity index (χ0v) is 24.8. The monoisotopic (exact) mass is 607 g/mol. The molecule has 214 valence electrons. The fraction of sp³-hybridized carbons (Fsp3) is 0.310. The van der Waals surface area contributed by atoms with Gasteiger partial charge in [-0.1, -0.05) is 72.6 Å². The topological polar surface area (TPSA) is 86.8 Å². The second-order valence-corrected chi connectivity index (χ2v) is 12.3. The Morgan fingerprint density at radius 1 is 1.00 bits per heavy atom. The summed E-state index contributed by atoms with van der Waals surface area (Å²) in [7, 11) is -4.00. The van der Waals surface area contributed by atoms with E-state index in [0.29, 0.717) is 17.0 Å². The highest BCUT2D eigenvalue weighted by Gasteiger charge is 2.33. The average Bonchev–Trinajstić information content (AvgIpc) is 2.90. The van der Waals surface area contributed by atoms with Crippen LogP contribution in [0.2, 0.25) is 10.0 Å². The first-order chi connectivity index (χ1) is 18.9. The number of hydrogen-bond donors (Lipinski definition) is 1. The predicted octanol–water partition coefficient (Wildman–Crippen LogP) is 5.45. The first kappa shape index (κ1) is 31.4. The Balaban J connectivity index is 2.09. The lowest BCUT2D eigenvalue weighted by Crippen LogP contribution is -2.54. The van der Waals surface area contributed by atoms with Crippen molar-refractivity contribution in [2.24, 2.45) is 0 Å². The van der Waals surface area contributed by atoms with Gasteiger partial charge in [0.05, 0.1) is 11.9 Å². The third kappa shape index (κ3) is 8.68. The van der Waals surface area contributed by atoms with Crippen LogP contribution in [0.15, 0.2) is 72.8 Å². The van der Waals surface area contributed by atoms with Gasteiger partial charge in [0.25, 0.3) is 0 Å². The molecule has 0 bridgehead atoms. The number of nitrogens with one attached hydrogen (secondary N) is 1. The highest BCUT2D eigenvalue weighted by Crippen LogP contribution is 2.25. The molecule has 0 fully saturated rings. The average molecular weight is 609 g/mol. The summed E-state index contributed by atoms with van der Waals surface area (Å²) in [6, 6.07) is 17.8. The van der Waals surface area contributed by atoms with Gasteiger partial charge in [-0.15, -0.1) is 0 Å². The molecule has 0 heterocycles. The van der Waals surface area contributed by atoms with E-state index in [9.17, 15) is 22.4 Å². The van der Waals surface area contributed by atoms with Crippen molar-refractivity contribution in [1.29, 1.82) is 0 Å². The summed E-state index contributed by atoms with van der Waals surface area (Å²) in [5.41, 5.74) is 1.31. The second kappa shape index (κ2) is 14.0. The minimum absolute atomic E-state index is 0.0102. The number of anilines is 1. The van der Waals surface area contributed by atoms with Crippen LogP contribution in [0.3, 0.4) is 0 Å². The third-order valence-electron chi connectivity index (χ3n) is 6.40. The number of carbonyl (C=O) groups is 2. The van der Waals surface area contributed by atoms with Crippen LogP contribution in [-0.2, 0) is 32.6 Å². The van der Waals surface area contributed by atoms with Crippen molar-refractivity contribution < 1.29 is 22.4 Å². The van der Waals surface area contributed by atoms with E-state index in [-0.39, 0.29) is 29.7 Å². The van der Waals surface area contributed by atoms with E-state index in [1.807, 2.05) is 44.2 Å². The summed E-state index contributed by atoms with van der Waals surface area (Å²) in [5, 5.41) is 3.64. The molecule has 3 aromatic rings. The van der Waals surface area contributed by atoms with Crippen LogP contribution in [0.5, 0.6) is 0 Å². The summed E-state index contributed by atoms with van der Waals surface area (Å²) in [6.45, 7) is 3.03. The SMILES string of the molecule is CC[C@@H](C)NC(=O)[C@H](Cc1ccccc1)N(Cc1ccc(Cl)cc1Cl)C(=O)CN(c1cccc(F)c1)S(C)(=O)=O. The normalized spacial score (nSPS) is 12.8. The standard InChI is InChI=1S/C29H32Cl2FN3O4S/c1-4-20(2)33-29(37)27(15-21-9-6-5-7-10-21)34(18-22-13-14-23(30)16-26(22)31)28(36)19-35(40(3,38)39)25-12-8-11-24(32)17-25/h5-14,16-17,20,27H,4,15,18-19H2,1-3H3,(H,33,37)/t20-,27+/m1/s1. The van der Waals surface area contributed by atoms with Crippen LogP contribution in [0.25, 0.3) is 0 Å². The molecule has 2 atom stereocenters. The lowest BCUT2D eigenvalue weighted by atomic mass is 10.0. The van der Waals surface area contributed by atoms with Gasteiger partial charge in [0.1, 0.15) is 18.4 Å². The maximum Gasteiger partial charge on any atom is 0.244 e. The minimum Gasteiger partial charge on any atom is -0.352 e. The first-order valence-electron chi connectivity index (χ1n) is 12.7. The van der Waals surface area contributed by atoms with Crippen molar-refractivity contribution in [1.82, 2.24) is 10.2 Å². The van der Waals surface area contributed by atoms with E-state index in [0.717, 1.165) is 22.2 Å². The number of nitrogens with zero attached hydrogens (tertiary/aromatic N) is 2. The number of hydrogen-bond acceptors (Lipinski definition) is 4. The number of amides is 2. The summed E-state index contributed by atoms with van der Waals surface area (Å²) in [6.07, 6.45) is 1.77. The molecule has 0 aliphatic heterocycles. The van der Waals surface area contributed by atoms with Gasteiger partial charge in [0.2, 0.25) is 21.8 Å². The van der Waals surface area contributed by atoms with Crippen molar-refractivity contribution in [3.05, 3.63) is 99.8 Å². The zero-order valence-electron chi connectivity index (χ0n) is 22.5. The van der Waals surface area contributed by atoms with Crippen LogP contribution in [0, 0.1) is 5.82 Å². The Morgan fingerprint density at radius 2 is 1.70 bits per heavy atom. The fourth-order valence-corrected chi connectivity index (χ4v) is 5.38. The smallest absolute Gasteiger partial charge is 0.244 e. The van der Waals surface area contributed by atoms with Crippen molar-refractivity contribution >= 4 is 50.7 Å². The minimum atomic E-state index is -4.00. The van der Waals surface area contributed by atoms with Gasteiger partial charge in [-0.05, 0) is 54.8 Å². The van der Waals surface area contributed by atoms with E-state index in [1.165, 1.54) is 29.2 Å². The van der Waals surface area contributed by atoms with Gasteiger partial charge in [-0.2, -0.15) is 0 Å². The van der Waals surface area contributed by atoms with Gasteiger partial charge < -0.3 is 10.2 Å². The lowest BCUT2D eigenvalue weighted by molar-refractivity contribution is -0.140. The summed E-state index contributed by atoms with van der Waals surface area (Å²) < 4.78 is 40.3. The number of rotatable bonds is 12. The Labute approximate surface area is 244 Å². The van der Waals surface area contributed by atoms with Gasteiger partial charge >= 0.3 is 0 Å². The Morgan fingerprint density at radius 3 is 2.30 bits per heavy atom. The van der Waals surface area contributed by atoms with Crippen LogP contribution in [0.4, 0.5) is 10.1 Å². The Bertz CT molecular complexity index is 1440. The molecular weight excluding hydrogens is 576 g/mol. The molecule has 0 aliphatic rings. The van der Waals surface area contributed by atoms with Crippen molar-refractivity contribution in [2.45, 2.75) is 45.3 Å². The number of carbonyl (C=O) groups excluding carboxylic acids is 2. The number of benzene rings is 3. The largest absolute Gasteiger partial charge is 0.352 e. The molecular formula is C29H32Cl2FN3O4S. The van der Waals surface area contributed by atoms with Gasteiger partial charge in [0.15, 0.2) is 0 Å². The summed E-state index contributed by atoms with van der Waals surface area (Å²) >= 11 is 12.5. The molecule has 11 heteroatoms. The maximum atomic E-state index is 14.0. The van der Waals surface area contributed by atoms with Crippen LogP contribution in [0.1, 0.15) is 31.4 Å². The van der Waals surface area contributed by atoms with E-state index in [4.69, 9.17) is 23.2 Å². The van der Waals surface area contributed by atoms with Crippen LogP contribution in [-0.4, -0.2) is 50.0 Å². The molecule has 0 saturated carbocycles. The van der Waals surface area contributed by atoms with Crippen molar-refractivity contribution in [3.8, 4) is 0 Å². The molecule has 0 aliphatic carbocycles. The van der Waals surface area contributed by atoms with Crippen LogP contribution < -0.4 is 9.62 Å². The summed E-state index contributed by atoms with van der Waals surface area (Å²) in [4.78, 5) is 29.0. The van der Waals surface area contributed by atoms with E-state index in [2.05, 4.69) is 5.32 Å². The lowest BCUT2D eigenvalue weighted by Gasteiger charge is -2.34. The van der Waals surface area contributed by atoms with Gasteiger partial charge in [-0.25, -0.2) is 12.8 Å². The van der Waals surface area contributed by atoms with Crippen molar-refractivity contribution in [2.75, 3.05) is 17.1 Å². The van der Waals surface area contributed by atoms with E-state index < -0.39 is 40.2 Å². The Hall–Kier alpha value is -3.14. The van der Waals surface area contributed by atoms with Gasteiger partial charge in [0, 0.05) is 29.1 Å². The van der Waals surface area contributed by atoms with Crippen molar-refractivity contribution in [3.63, 3.8) is 0 Å². The quantitative estimate of drug-likeness (QED) is 0.296. The molecule has 0 radical (unpaired) electrons. The number of sulfonamides is 1. The molecule has 3 rings (SSSR count).